The van der Waals surface area contributed by atoms with Gasteiger partial charge in [-0.3, -0.25) is 4.79 Å². The second-order valence-corrected chi connectivity index (χ2v) is 7.47. The van der Waals surface area contributed by atoms with Crippen LogP contribution < -0.4 is 5.32 Å². The molecular weight excluding hydrogens is 381 g/mol. The minimum atomic E-state index is -0.374. The molecule has 2 aromatic rings. The fourth-order valence-electron chi connectivity index (χ4n) is 3.12. The number of halogens is 1. The van der Waals surface area contributed by atoms with E-state index >= 15 is 0 Å². The van der Waals surface area contributed by atoms with E-state index in [0.29, 0.717) is 43.1 Å². The van der Waals surface area contributed by atoms with Crippen LogP contribution in [0.3, 0.4) is 0 Å². The number of fused-ring (bicyclic) bond motifs is 1. The zero-order valence-corrected chi connectivity index (χ0v) is 16.3. The summed E-state index contributed by atoms with van der Waals surface area (Å²) in [6.45, 7) is 2.91. The number of anilines is 1. The number of aryl methyl sites for hydroxylation is 1. The average molecular weight is 401 g/mol. The van der Waals surface area contributed by atoms with E-state index in [9.17, 15) is 19.2 Å². The number of rotatable bonds is 5. The summed E-state index contributed by atoms with van der Waals surface area (Å²) < 4.78 is 18.3. The molecule has 0 saturated heterocycles. The maximum Gasteiger partial charge on any atom is 0.410 e. The van der Waals surface area contributed by atoms with E-state index < -0.39 is 0 Å². The first-order valence-electron chi connectivity index (χ1n) is 9.02. The van der Waals surface area contributed by atoms with Crippen LogP contribution in [0.5, 0.6) is 0 Å². The van der Waals surface area contributed by atoms with Gasteiger partial charge in [-0.25, -0.2) is 9.18 Å². The normalized spacial score (nSPS) is 12.8. The number of thiophene rings is 1. The first kappa shape index (κ1) is 19.8. The van der Waals surface area contributed by atoms with Gasteiger partial charge in [-0.2, -0.15) is 5.26 Å². The van der Waals surface area contributed by atoms with Crippen LogP contribution in [0, 0.1) is 17.1 Å². The summed E-state index contributed by atoms with van der Waals surface area (Å²) in [5, 5.41) is 12.8. The quantitative estimate of drug-likeness (QED) is 0.825. The third kappa shape index (κ3) is 4.49. The Balaban J connectivity index is 1.67. The topological polar surface area (TPSA) is 82.4 Å². The second-order valence-electron chi connectivity index (χ2n) is 6.37. The van der Waals surface area contributed by atoms with Crippen molar-refractivity contribution in [2.45, 2.75) is 32.7 Å². The fourth-order valence-corrected chi connectivity index (χ4v) is 4.35. The van der Waals surface area contributed by atoms with E-state index in [1.165, 1.54) is 23.5 Å². The molecule has 0 fully saturated rings. The number of hydrogen-bond donors (Lipinski definition) is 1. The van der Waals surface area contributed by atoms with Crippen molar-refractivity contribution in [3.8, 4) is 6.07 Å². The van der Waals surface area contributed by atoms with Crippen molar-refractivity contribution < 1.29 is 18.7 Å². The smallest absolute Gasteiger partial charge is 0.410 e. The Kier molecular flexibility index (Phi) is 6.26. The van der Waals surface area contributed by atoms with Crippen LogP contribution in [0.1, 0.15) is 34.9 Å². The molecular formula is C20H20FN3O3S. The van der Waals surface area contributed by atoms with Crippen molar-refractivity contribution in [3.05, 3.63) is 51.7 Å². The van der Waals surface area contributed by atoms with E-state index in [1.54, 1.807) is 24.0 Å². The minimum absolute atomic E-state index is 0.186. The van der Waals surface area contributed by atoms with Crippen molar-refractivity contribution in [2.75, 3.05) is 18.5 Å². The van der Waals surface area contributed by atoms with Crippen LogP contribution in [0.4, 0.5) is 14.2 Å². The molecule has 0 unspecified atom stereocenters. The Morgan fingerprint density at radius 2 is 2.25 bits per heavy atom. The summed E-state index contributed by atoms with van der Waals surface area (Å²) in [5.41, 5.74) is 2.09. The molecule has 1 aromatic heterocycles. The van der Waals surface area contributed by atoms with E-state index in [4.69, 9.17) is 4.74 Å². The lowest BCUT2D eigenvalue weighted by atomic mass is 10.0. The molecule has 8 heteroatoms. The predicted octanol–water partition coefficient (Wildman–Crippen LogP) is 3.84. The summed E-state index contributed by atoms with van der Waals surface area (Å²) >= 11 is 1.31. The Morgan fingerprint density at radius 1 is 1.43 bits per heavy atom. The molecule has 0 spiro atoms. The third-order valence-electron chi connectivity index (χ3n) is 4.48. The number of ether oxygens (including phenoxy) is 1. The molecule has 3 rings (SSSR count). The first-order valence-corrected chi connectivity index (χ1v) is 9.84. The van der Waals surface area contributed by atoms with E-state index in [-0.39, 0.29) is 24.2 Å². The van der Waals surface area contributed by atoms with Crippen molar-refractivity contribution in [1.82, 2.24) is 4.90 Å². The van der Waals surface area contributed by atoms with Crippen LogP contribution >= 0.6 is 11.3 Å². The molecule has 0 bridgehead atoms. The Labute approximate surface area is 166 Å². The highest BCUT2D eigenvalue weighted by Crippen LogP contribution is 2.36. The molecule has 0 radical (unpaired) electrons. The van der Waals surface area contributed by atoms with Crippen molar-refractivity contribution in [1.29, 1.82) is 5.26 Å². The van der Waals surface area contributed by atoms with Gasteiger partial charge in [0.2, 0.25) is 5.91 Å². The summed E-state index contributed by atoms with van der Waals surface area (Å²) in [6.07, 6.45) is 0.770. The Bertz CT molecular complexity index is 935. The number of carbonyl (C=O) groups is 2. The predicted molar refractivity (Wildman–Crippen MR) is 104 cm³/mol. The highest BCUT2D eigenvalue weighted by Gasteiger charge is 2.28. The number of benzene rings is 1. The van der Waals surface area contributed by atoms with Gasteiger partial charge in [0, 0.05) is 17.8 Å². The van der Waals surface area contributed by atoms with Crippen LogP contribution in [0.25, 0.3) is 0 Å². The summed E-state index contributed by atoms with van der Waals surface area (Å²) in [6, 6.07) is 8.31. The van der Waals surface area contributed by atoms with Crippen molar-refractivity contribution in [3.63, 3.8) is 0 Å². The number of nitrogens with one attached hydrogen (secondary N) is 1. The lowest BCUT2D eigenvalue weighted by molar-refractivity contribution is -0.116. The number of nitrogens with zero attached hydrogens (tertiary/aromatic N) is 2. The molecule has 0 atom stereocenters. The molecule has 0 saturated carbocycles. The molecule has 6 nitrogen and oxygen atoms in total. The zero-order valence-electron chi connectivity index (χ0n) is 15.5. The molecule has 146 valence electrons. The van der Waals surface area contributed by atoms with Gasteiger partial charge < -0.3 is 15.0 Å². The Morgan fingerprint density at radius 3 is 2.96 bits per heavy atom. The van der Waals surface area contributed by atoms with Crippen LogP contribution in [0.15, 0.2) is 24.3 Å². The molecule has 1 aliphatic heterocycles. The van der Waals surface area contributed by atoms with Gasteiger partial charge in [0.05, 0.1) is 18.7 Å². The van der Waals surface area contributed by atoms with E-state index in [1.807, 2.05) is 0 Å². The standard InChI is InChI=1S/C20H20FN3O3S/c1-2-27-20(26)24-9-8-15-16(11-22)19(28-17(15)12-24)23-18(25)7-6-13-4-3-5-14(21)10-13/h3-5,10H,2,6-9,12H2,1H3,(H,23,25). The zero-order chi connectivity index (χ0) is 20.1. The molecule has 2 heterocycles. The van der Waals surface area contributed by atoms with Gasteiger partial charge in [0.25, 0.3) is 0 Å². The summed E-state index contributed by atoms with van der Waals surface area (Å²) in [4.78, 5) is 26.7. The monoisotopic (exact) mass is 401 g/mol. The molecule has 0 aliphatic carbocycles. The average Bonchev–Trinajstić information content (AvgIpc) is 3.02. The lowest BCUT2D eigenvalue weighted by Crippen LogP contribution is -2.35. The van der Waals surface area contributed by atoms with Crippen molar-refractivity contribution >= 4 is 28.3 Å². The summed E-state index contributed by atoms with van der Waals surface area (Å²) in [7, 11) is 0. The number of hydrogen-bond acceptors (Lipinski definition) is 5. The SMILES string of the molecule is CCOC(=O)N1CCc2c(sc(NC(=O)CCc3cccc(F)c3)c2C#N)C1. The largest absolute Gasteiger partial charge is 0.450 e. The molecule has 2 amide bonds. The molecule has 1 aliphatic rings. The van der Waals surface area contributed by atoms with Gasteiger partial charge in [-0.05, 0) is 43.0 Å². The van der Waals surface area contributed by atoms with Crippen LogP contribution in [-0.4, -0.2) is 30.1 Å². The van der Waals surface area contributed by atoms with Gasteiger partial charge in [-0.1, -0.05) is 12.1 Å². The van der Waals surface area contributed by atoms with Gasteiger partial charge in [-0.15, -0.1) is 11.3 Å². The summed E-state index contributed by atoms with van der Waals surface area (Å²) in [5.74, 6) is -0.566. The molecule has 1 aromatic carbocycles. The lowest BCUT2D eigenvalue weighted by Gasteiger charge is -2.25. The fraction of sp³-hybridized carbons (Fsp3) is 0.350. The maximum atomic E-state index is 13.2. The van der Waals surface area contributed by atoms with Crippen LogP contribution in [-0.2, 0) is 28.9 Å². The molecule has 28 heavy (non-hydrogen) atoms. The second kappa shape index (κ2) is 8.85. The first-order chi connectivity index (χ1) is 13.5. The van der Waals surface area contributed by atoms with Gasteiger partial charge >= 0.3 is 6.09 Å². The van der Waals surface area contributed by atoms with E-state index in [2.05, 4.69) is 11.4 Å². The number of amides is 2. The minimum Gasteiger partial charge on any atom is -0.450 e. The van der Waals surface area contributed by atoms with Gasteiger partial charge in [0.1, 0.15) is 16.9 Å². The maximum absolute atomic E-state index is 13.2. The molecule has 1 N–H and O–H groups in total. The third-order valence-corrected chi connectivity index (χ3v) is 5.61. The number of carbonyl (C=O) groups excluding carboxylic acids is 2. The van der Waals surface area contributed by atoms with Crippen molar-refractivity contribution in [2.24, 2.45) is 0 Å². The highest BCUT2D eigenvalue weighted by molar-refractivity contribution is 7.16. The Hall–Kier alpha value is -2.92. The highest BCUT2D eigenvalue weighted by atomic mass is 32.1. The van der Waals surface area contributed by atoms with Gasteiger partial charge in [0.15, 0.2) is 0 Å². The van der Waals surface area contributed by atoms with Crippen LogP contribution in [0.2, 0.25) is 0 Å². The number of nitriles is 1. The van der Waals surface area contributed by atoms with E-state index in [0.717, 1.165) is 16.0 Å².